The highest BCUT2D eigenvalue weighted by Gasteiger charge is 2.60. The van der Waals surface area contributed by atoms with Crippen molar-refractivity contribution >= 4 is 51.4 Å². The molecule has 0 heterocycles. The average Bonchev–Trinajstić information content (AvgIpc) is 0.722. The quantitative estimate of drug-likeness (QED) is 0.101. The van der Waals surface area contributed by atoms with Gasteiger partial charge in [-0.1, -0.05) is 182 Å². The molecule has 0 amide bonds. The maximum atomic E-state index is 12.6. The van der Waals surface area contributed by atoms with E-state index in [0.717, 1.165) is 69.5 Å². The summed E-state index contributed by atoms with van der Waals surface area (Å²) in [5, 5.41) is 4.14. The zero-order valence-corrected chi connectivity index (χ0v) is 62.3. The Morgan fingerprint density at radius 3 is 1.36 bits per heavy atom. The first kappa shape index (κ1) is 78.0. The molecule has 4 aliphatic rings. The van der Waals surface area contributed by atoms with Gasteiger partial charge in [0, 0.05) is 0 Å². The fourth-order valence-corrected chi connectivity index (χ4v) is 13.1. The number of hydrogen-bond donors (Lipinski definition) is 0. The molecule has 100 heavy (non-hydrogen) atoms. The monoisotopic (exact) mass is 1350 g/mol. The third-order valence-electron chi connectivity index (χ3n) is 16.6. The third kappa shape index (κ3) is 25.1. The van der Waals surface area contributed by atoms with Crippen LogP contribution in [-0.4, -0.2) is 57.9 Å². The van der Waals surface area contributed by atoms with Crippen molar-refractivity contribution in [1.29, 1.82) is 0 Å². The van der Waals surface area contributed by atoms with Crippen molar-refractivity contribution in [2.24, 2.45) is 22.7 Å². The van der Waals surface area contributed by atoms with Gasteiger partial charge in [0.25, 0.3) is 0 Å². The number of carbonyl (C=O) groups excluding carboxylic acids is 5. The molecule has 4 fully saturated rings. The summed E-state index contributed by atoms with van der Waals surface area (Å²) in [7, 11) is 0. The van der Waals surface area contributed by atoms with Gasteiger partial charge in [0.05, 0.1) is 27.7 Å². The second-order valence-corrected chi connectivity index (χ2v) is 31.9. The molecule has 3 atom stereocenters. The summed E-state index contributed by atoms with van der Waals surface area (Å²) in [6, 6.07) is 71.7. The van der Waals surface area contributed by atoms with E-state index in [-0.39, 0.29) is 52.6 Å². The Balaban J connectivity index is 0.000000170. The van der Waals surface area contributed by atoms with Crippen molar-refractivity contribution in [2.45, 2.75) is 197 Å². The van der Waals surface area contributed by atoms with Gasteiger partial charge < -0.3 is 28.4 Å². The van der Waals surface area contributed by atoms with Crippen molar-refractivity contribution in [3.8, 4) is 16.9 Å². The molecule has 9 aromatic rings. The van der Waals surface area contributed by atoms with Gasteiger partial charge >= 0.3 is 29.8 Å². The summed E-state index contributed by atoms with van der Waals surface area (Å²) in [4.78, 5) is 59.9. The van der Waals surface area contributed by atoms with Crippen molar-refractivity contribution in [3.05, 3.63) is 258 Å². The second kappa shape index (κ2) is 33.7. The molecule has 0 aromatic heterocycles. The van der Waals surface area contributed by atoms with E-state index in [2.05, 4.69) is 64.1 Å². The molecule has 4 aliphatic carbocycles. The molecule has 4 saturated carbocycles. The van der Waals surface area contributed by atoms with Gasteiger partial charge in [0.2, 0.25) is 0 Å². The van der Waals surface area contributed by atoms with Crippen molar-refractivity contribution in [2.75, 3.05) is 0 Å². The summed E-state index contributed by atoms with van der Waals surface area (Å²) in [6.45, 7) is 35.1. The van der Waals surface area contributed by atoms with Crippen LogP contribution >= 0.6 is 0 Å². The maximum Gasteiger partial charge on any atom is 0.339 e. The SMILES string of the molecule is CC(C)(C)OC(=O)c1cccc2ccccc12.CC(C)(C)OC(=O)c1ccccc1.CC(C)(C)Oc1ccc(-c2ccccc2)cc1.CC(OC(=O)c1ccc2ccccc2c1)c1ccccc1.CC12CC3CC(C1)CC(C(=O)OC(C)(C)C)(C3)C2.Cc1ccc(C(=O)OC(C)(C)C)cc1. The Morgan fingerprint density at radius 2 is 0.840 bits per heavy atom. The fraction of sp³-hybridized carbons (Fsp3) is 0.382. The molecule has 13 rings (SSSR count). The van der Waals surface area contributed by atoms with E-state index in [9.17, 15) is 24.0 Å². The first-order valence-corrected chi connectivity index (χ1v) is 35.0. The van der Waals surface area contributed by atoms with Gasteiger partial charge in [-0.05, 0) is 266 Å². The highest BCUT2D eigenvalue weighted by Crippen LogP contribution is 2.65. The number of hydrogen-bond acceptors (Lipinski definition) is 11. The van der Waals surface area contributed by atoms with Crippen LogP contribution in [-0.2, 0) is 28.5 Å². The van der Waals surface area contributed by atoms with Gasteiger partial charge in [-0.15, -0.1) is 0 Å². The zero-order valence-electron chi connectivity index (χ0n) is 62.3. The molecule has 3 unspecified atom stereocenters. The van der Waals surface area contributed by atoms with E-state index in [1.165, 1.54) is 30.4 Å². The predicted molar refractivity (Wildman–Crippen MR) is 405 cm³/mol. The van der Waals surface area contributed by atoms with E-state index in [1.54, 1.807) is 30.3 Å². The van der Waals surface area contributed by atoms with Crippen molar-refractivity contribution in [1.82, 2.24) is 0 Å². The molecule has 4 bridgehead atoms. The van der Waals surface area contributed by atoms with Gasteiger partial charge in [-0.25, -0.2) is 19.2 Å². The number of carbonyl (C=O) groups is 5. The molecule has 9 aromatic carbocycles. The predicted octanol–water partition coefficient (Wildman–Crippen LogP) is 22.6. The van der Waals surface area contributed by atoms with E-state index in [0.29, 0.717) is 27.7 Å². The number of aryl methyl sites for hydroxylation is 1. The first-order chi connectivity index (χ1) is 46.8. The van der Waals surface area contributed by atoms with E-state index < -0.39 is 16.8 Å². The van der Waals surface area contributed by atoms with Gasteiger partial charge in [0.1, 0.15) is 39.9 Å². The van der Waals surface area contributed by atoms with Crippen LogP contribution in [0.2, 0.25) is 0 Å². The standard InChI is InChI=1S/C19H16O2.C16H26O2.C16H18O.C15H16O2.C12H16O2.C11H14O2/c1-14(15-7-3-2-4-8-15)21-19(20)18-12-11-16-9-5-6-10-17(16)13-18;1-14(2,3)18-13(17)16-8-11-5-12(9-16)7-15(4,6-11)10-16;1-16(2,3)17-15-11-9-14(10-12-15)13-7-5-4-6-8-13;1-15(2,3)17-14(16)13-10-6-8-11-7-4-5-9-12(11)13;1-9-5-7-10(8-6-9)11(13)14-12(2,3)4;1-11(2,3)13-10(12)9-7-5-4-6-8-9/h2-14H,1H3;11-12H,5-10H2,1-4H3;4-12H,1-3H3;4-10H,1-3H3;5-8H,1-4H3;4-8H,1-3H3. The lowest BCUT2D eigenvalue weighted by molar-refractivity contribution is -0.189. The third-order valence-corrected chi connectivity index (χ3v) is 16.6. The molecule has 0 spiro atoms. The van der Waals surface area contributed by atoms with Crippen LogP contribution in [0.4, 0.5) is 0 Å². The van der Waals surface area contributed by atoms with Crippen molar-refractivity contribution in [3.63, 3.8) is 0 Å². The Hall–Kier alpha value is -9.35. The molecule has 11 heteroatoms. The zero-order chi connectivity index (χ0) is 73.3. The van der Waals surface area contributed by atoms with E-state index in [1.807, 2.05) is 255 Å². The minimum absolute atomic E-state index is 0.0929. The Morgan fingerprint density at radius 1 is 0.400 bits per heavy atom. The summed E-state index contributed by atoms with van der Waals surface area (Å²) < 4.78 is 32.9. The lowest BCUT2D eigenvalue weighted by Gasteiger charge is -2.60. The molecule has 0 aliphatic heterocycles. The maximum absolute atomic E-state index is 12.6. The van der Waals surface area contributed by atoms with Crippen LogP contribution in [0, 0.1) is 29.6 Å². The van der Waals surface area contributed by atoms with Crippen LogP contribution in [0.3, 0.4) is 0 Å². The highest BCUT2D eigenvalue weighted by atomic mass is 16.6. The number of benzene rings is 9. The summed E-state index contributed by atoms with van der Waals surface area (Å²) >= 11 is 0. The van der Waals surface area contributed by atoms with E-state index in [4.69, 9.17) is 28.4 Å². The minimum Gasteiger partial charge on any atom is -0.488 e. The Kier molecular flexibility index (Phi) is 26.3. The largest absolute Gasteiger partial charge is 0.488 e. The number of rotatable bonds is 9. The van der Waals surface area contributed by atoms with Gasteiger partial charge in [-0.3, -0.25) is 4.79 Å². The molecule has 0 saturated heterocycles. The first-order valence-electron chi connectivity index (χ1n) is 35.0. The number of fused-ring (bicyclic) bond motifs is 2. The second-order valence-electron chi connectivity index (χ2n) is 31.9. The summed E-state index contributed by atoms with van der Waals surface area (Å²) in [5.41, 5.74) is 5.45. The van der Waals surface area contributed by atoms with Crippen LogP contribution in [0.5, 0.6) is 5.75 Å². The van der Waals surface area contributed by atoms with Crippen molar-refractivity contribution < 1.29 is 52.4 Å². The lowest BCUT2D eigenvalue weighted by Crippen LogP contribution is -2.55. The molecule has 0 radical (unpaired) electrons. The van der Waals surface area contributed by atoms with Gasteiger partial charge in [0.15, 0.2) is 0 Å². The smallest absolute Gasteiger partial charge is 0.339 e. The molecular weight excluding hydrogens is 1240 g/mol. The summed E-state index contributed by atoms with van der Waals surface area (Å²) in [6.07, 6.45) is 7.04. The van der Waals surface area contributed by atoms with Crippen LogP contribution in [0.25, 0.3) is 32.7 Å². The fourth-order valence-electron chi connectivity index (χ4n) is 13.1. The summed E-state index contributed by atoms with van der Waals surface area (Å²) in [5.74, 6) is 1.47. The molecule has 11 nitrogen and oxygen atoms in total. The normalized spacial score (nSPS) is 17.7. The van der Waals surface area contributed by atoms with E-state index >= 15 is 0 Å². The Bertz CT molecular complexity index is 4100. The number of ether oxygens (including phenoxy) is 6. The highest BCUT2D eigenvalue weighted by molar-refractivity contribution is 6.04. The molecular formula is C89H106O11. The molecule has 0 N–H and O–H groups in total. The number of esters is 5. The molecule has 528 valence electrons. The topological polar surface area (TPSA) is 141 Å². The van der Waals surface area contributed by atoms with Crippen LogP contribution in [0.1, 0.15) is 215 Å². The van der Waals surface area contributed by atoms with Crippen LogP contribution < -0.4 is 4.74 Å². The Labute approximate surface area is 595 Å². The van der Waals surface area contributed by atoms with Gasteiger partial charge in [-0.2, -0.15) is 0 Å². The van der Waals surface area contributed by atoms with Crippen LogP contribution in [0.15, 0.2) is 224 Å². The minimum atomic E-state index is -0.464. The average molecular weight is 1350 g/mol. The lowest BCUT2D eigenvalue weighted by atomic mass is 9.44.